The third kappa shape index (κ3) is 67.8. The molecule has 81 heavy (non-hydrogen) atoms. The number of hydrogen-bond donors (Lipinski definition) is 0. The third-order valence-electron chi connectivity index (χ3n) is 16.0. The molecule has 1 unspecified atom stereocenters. The summed E-state index contributed by atoms with van der Waals surface area (Å²) < 4.78 is 17.0. The summed E-state index contributed by atoms with van der Waals surface area (Å²) in [6, 6.07) is 0. The van der Waals surface area contributed by atoms with Crippen molar-refractivity contribution >= 4 is 17.9 Å². The molecule has 0 amide bonds. The zero-order chi connectivity index (χ0) is 58.5. The molecule has 0 aliphatic carbocycles. The molecule has 0 aromatic rings. The average molecular weight is 1130 g/mol. The number of ether oxygens (including phenoxy) is 3. The maximum absolute atomic E-state index is 13.0. The summed E-state index contributed by atoms with van der Waals surface area (Å²) in [5, 5.41) is 0. The van der Waals surface area contributed by atoms with E-state index in [2.05, 4.69) is 81.5 Å². The minimum absolute atomic E-state index is 0.0748. The van der Waals surface area contributed by atoms with E-state index >= 15 is 0 Å². The van der Waals surface area contributed by atoms with Crippen LogP contribution >= 0.6 is 0 Å². The van der Waals surface area contributed by atoms with Gasteiger partial charge in [0, 0.05) is 19.3 Å². The van der Waals surface area contributed by atoms with Crippen molar-refractivity contribution in [2.24, 2.45) is 0 Å². The molecule has 0 aliphatic rings. The summed E-state index contributed by atoms with van der Waals surface area (Å²) in [6.07, 6.45) is 89.6. The molecule has 0 aliphatic heterocycles. The molecule has 0 radical (unpaired) electrons. The summed E-state index contributed by atoms with van der Waals surface area (Å²) in [5.41, 5.74) is 0. The van der Waals surface area contributed by atoms with Crippen molar-refractivity contribution in [3.05, 3.63) is 60.8 Å². The molecule has 472 valence electrons. The van der Waals surface area contributed by atoms with Gasteiger partial charge in [0.25, 0.3) is 0 Å². The fraction of sp³-hybridized carbons (Fsp3) is 0.827. The van der Waals surface area contributed by atoms with Gasteiger partial charge in [-0.1, -0.05) is 332 Å². The fourth-order valence-corrected chi connectivity index (χ4v) is 10.6. The van der Waals surface area contributed by atoms with Gasteiger partial charge in [0.2, 0.25) is 0 Å². The number of unbranched alkanes of at least 4 members (excludes halogenated alkanes) is 45. The van der Waals surface area contributed by atoms with Gasteiger partial charge >= 0.3 is 17.9 Å². The molecule has 0 spiro atoms. The Morgan fingerprint density at radius 3 is 0.716 bits per heavy atom. The van der Waals surface area contributed by atoms with Gasteiger partial charge in [0.1, 0.15) is 13.2 Å². The molecule has 0 heterocycles. The normalized spacial score (nSPS) is 12.4. The maximum atomic E-state index is 13.0. The van der Waals surface area contributed by atoms with Crippen LogP contribution in [0.25, 0.3) is 0 Å². The monoisotopic (exact) mass is 1130 g/mol. The predicted octanol–water partition coefficient (Wildman–Crippen LogP) is 24.7. The van der Waals surface area contributed by atoms with Gasteiger partial charge in [-0.3, -0.25) is 14.4 Å². The molecule has 0 rings (SSSR count). The molecule has 0 fully saturated rings. The quantitative estimate of drug-likeness (QED) is 0.0261. The van der Waals surface area contributed by atoms with Crippen LogP contribution in [0.15, 0.2) is 60.8 Å². The molecule has 0 aromatic heterocycles. The van der Waals surface area contributed by atoms with Crippen molar-refractivity contribution in [2.45, 2.75) is 386 Å². The van der Waals surface area contributed by atoms with Crippen molar-refractivity contribution in [2.75, 3.05) is 13.2 Å². The highest BCUT2D eigenvalue weighted by atomic mass is 16.6. The second kappa shape index (κ2) is 69.6. The Bertz CT molecular complexity index is 1440. The van der Waals surface area contributed by atoms with E-state index in [1.807, 2.05) is 0 Å². The SMILES string of the molecule is CCCCC/C=C\C/C=C\CCCCCCCC(=O)OCC(COC(=O)CCCCCCCCCCCCCCCC/C=C\C/C=C\C/C=C\CCCCCCC)OC(=O)CCCCCCCCCCCCCCCCCCCCC. The van der Waals surface area contributed by atoms with E-state index in [-0.39, 0.29) is 31.1 Å². The van der Waals surface area contributed by atoms with Crippen molar-refractivity contribution < 1.29 is 28.6 Å². The highest BCUT2D eigenvalue weighted by molar-refractivity contribution is 5.71. The van der Waals surface area contributed by atoms with E-state index in [1.54, 1.807) is 0 Å². The highest BCUT2D eigenvalue weighted by Crippen LogP contribution is 2.18. The van der Waals surface area contributed by atoms with Crippen molar-refractivity contribution in [3.63, 3.8) is 0 Å². The molecule has 0 saturated heterocycles. The lowest BCUT2D eigenvalue weighted by atomic mass is 10.0. The lowest BCUT2D eigenvalue weighted by Crippen LogP contribution is -2.30. The van der Waals surface area contributed by atoms with Gasteiger partial charge in [-0.15, -0.1) is 0 Å². The second-order valence-electron chi connectivity index (χ2n) is 24.1. The average Bonchev–Trinajstić information content (AvgIpc) is 3.47. The van der Waals surface area contributed by atoms with E-state index < -0.39 is 6.10 Å². The first-order chi connectivity index (χ1) is 40.0. The van der Waals surface area contributed by atoms with Crippen LogP contribution in [-0.2, 0) is 28.6 Å². The van der Waals surface area contributed by atoms with Gasteiger partial charge in [0.05, 0.1) is 0 Å². The second-order valence-corrected chi connectivity index (χ2v) is 24.1. The van der Waals surface area contributed by atoms with Gasteiger partial charge < -0.3 is 14.2 Å². The van der Waals surface area contributed by atoms with Crippen LogP contribution in [0.3, 0.4) is 0 Å². The van der Waals surface area contributed by atoms with Gasteiger partial charge in [-0.2, -0.15) is 0 Å². The minimum Gasteiger partial charge on any atom is -0.462 e. The van der Waals surface area contributed by atoms with Crippen LogP contribution < -0.4 is 0 Å². The molecule has 6 nitrogen and oxygen atoms in total. The topological polar surface area (TPSA) is 78.9 Å². The summed E-state index contributed by atoms with van der Waals surface area (Å²) in [6.45, 7) is 6.65. The number of carbonyl (C=O) groups excluding carboxylic acids is 3. The molecular formula is C75H136O6. The Morgan fingerprint density at radius 2 is 0.444 bits per heavy atom. The first-order valence-corrected chi connectivity index (χ1v) is 35.8. The standard InChI is InChI=1S/C75H136O6/c1-4-7-10-13-16-19-22-25-28-30-32-33-34-35-36-37-38-39-40-41-43-44-47-50-53-56-59-62-65-68-74(77)80-71-72(70-79-73(76)67-64-61-58-55-52-49-46-27-24-21-18-15-12-9-6-3)81-75(78)69-66-63-60-57-54-51-48-45-42-31-29-26-23-20-17-14-11-8-5-2/h18,21-22,25,27,30,32,34-35,46,72H,4-17,19-20,23-24,26,28-29,31,33,36-45,47-71H2,1-3H3/b21-18-,25-22-,32-30-,35-34-,46-27-. The molecular weight excluding hydrogens is 997 g/mol. The number of rotatable bonds is 66. The number of esters is 3. The van der Waals surface area contributed by atoms with Crippen molar-refractivity contribution in [3.8, 4) is 0 Å². The Balaban J connectivity index is 4.25. The Kier molecular flexibility index (Phi) is 67.1. The van der Waals surface area contributed by atoms with Gasteiger partial charge in [-0.25, -0.2) is 0 Å². The summed E-state index contributed by atoms with van der Waals surface area (Å²) in [5.74, 6) is -0.864. The van der Waals surface area contributed by atoms with Crippen molar-refractivity contribution in [1.29, 1.82) is 0 Å². The van der Waals surface area contributed by atoms with Gasteiger partial charge in [-0.05, 0) is 89.9 Å². The summed E-state index contributed by atoms with van der Waals surface area (Å²) in [4.78, 5) is 38.4. The van der Waals surface area contributed by atoms with Crippen LogP contribution in [0.1, 0.15) is 380 Å². The van der Waals surface area contributed by atoms with Crippen molar-refractivity contribution in [1.82, 2.24) is 0 Å². The number of carbonyl (C=O) groups is 3. The van der Waals surface area contributed by atoms with E-state index in [0.29, 0.717) is 19.3 Å². The largest absolute Gasteiger partial charge is 0.462 e. The Labute approximate surface area is 504 Å². The van der Waals surface area contributed by atoms with E-state index in [0.717, 1.165) is 89.9 Å². The first-order valence-electron chi connectivity index (χ1n) is 35.8. The lowest BCUT2D eigenvalue weighted by molar-refractivity contribution is -0.167. The minimum atomic E-state index is -0.779. The van der Waals surface area contributed by atoms with Crippen LogP contribution in [0.2, 0.25) is 0 Å². The molecule has 6 heteroatoms. The van der Waals surface area contributed by atoms with E-state index in [1.165, 1.54) is 250 Å². The summed E-state index contributed by atoms with van der Waals surface area (Å²) in [7, 11) is 0. The predicted molar refractivity (Wildman–Crippen MR) is 353 cm³/mol. The summed E-state index contributed by atoms with van der Waals surface area (Å²) >= 11 is 0. The molecule has 0 saturated carbocycles. The molecule has 0 N–H and O–H groups in total. The Hall–Kier alpha value is -2.89. The first kappa shape index (κ1) is 78.1. The number of hydrogen-bond acceptors (Lipinski definition) is 6. The molecule has 0 aromatic carbocycles. The molecule has 0 bridgehead atoms. The molecule has 1 atom stereocenters. The zero-order valence-electron chi connectivity index (χ0n) is 54.3. The van der Waals surface area contributed by atoms with Gasteiger partial charge in [0.15, 0.2) is 6.10 Å². The zero-order valence-corrected chi connectivity index (χ0v) is 54.3. The van der Waals surface area contributed by atoms with E-state index in [4.69, 9.17) is 14.2 Å². The Morgan fingerprint density at radius 1 is 0.247 bits per heavy atom. The highest BCUT2D eigenvalue weighted by Gasteiger charge is 2.19. The maximum Gasteiger partial charge on any atom is 0.306 e. The van der Waals surface area contributed by atoms with E-state index in [9.17, 15) is 14.4 Å². The number of allylic oxidation sites excluding steroid dienone is 10. The lowest BCUT2D eigenvalue weighted by Gasteiger charge is -2.18. The third-order valence-corrected chi connectivity index (χ3v) is 16.0. The fourth-order valence-electron chi connectivity index (χ4n) is 10.6. The van der Waals surface area contributed by atoms with Crippen LogP contribution in [0.4, 0.5) is 0 Å². The smallest absolute Gasteiger partial charge is 0.306 e. The van der Waals surface area contributed by atoms with Crippen LogP contribution in [-0.4, -0.2) is 37.2 Å². The van der Waals surface area contributed by atoms with Crippen LogP contribution in [0, 0.1) is 0 Å². The van der Waals surface area contributed by atoms with Crippen LogP contribution in [0.5, 0.6) is 0 Å².